The number of carbonyl (C=O) groups is 2. The third-order valence-electron chi connectivity index (χ3n) is 3.24. The summed E-state index contributed by atoms with van der Waals surface area (Å²) in [4.78, 5) is 24.2. The normalized spacial score (nSPS) is 11.5. The second kappa shape index (κ2) is 7.53. The molecule has 0 saturated heterocycles. The Balaban J connectivity index is 1.96. The Kier molecular flexibility index (Phi) is 5.45. The number of ketones is 1. The second-order valence-electron chi connectivity index (χ2n) is 5.02. The van der Waals surface area contributed by atoms with E-state index in [0.29, 0.717) is 12.1 Å². The molecule has 4 nitrogen and oxygen atoms in total. The van der Waals surface area contributed by atoms with Crippen LogP contribution in [0.3, 0.4) is 0 Å². The van der Waals surface area contributed by atoms with Crippen molar-refractivity contribution in [2.75, 3.05) is 5.32 Å². The van der Waals surface area contributed by atoms with Crippen molar-refractivity contribution >= 4 is 28.7 Å². The Morgan fingerprint density at radius 2 is 2.18 bits per heavy atom. The molecule has 2 aromatic rings. The molecule has 0 spiro atoms. The van der Waals surface area contributed by atoms with Gasteiger partial charge in [-0.25, -0.2) is 0 Å². The van der Waals surface area contributed by atoms with Crippen LogP contribution in [0.1, 0.15) is 17.5 Å². The summed E-state index contributed by atoms with van der Waals surface area (Å²) in [6.07, 6.45) is 0.744. The first-order chi connectivity index (χ1) is 10.6. The fraction of sp³-hybridized carbons (Fsp3) is 0.235. The van der Waals surface area contributed by atoms with Crippen LogP contribution in [-0.4, -0.2) is 11.7 Å². The molecule has 0 saturated carbocycles. The quantitative estimate of drug-likeness (QED) is 0.832. The highest BCUT2D eigenvalue weighted by atomic mass is 32.1. The van der Waals surface area contributed by atoms with Gasteiger partial charge in [0.25, 0.3) is 0 Å². The molecule has 0 fully saturated rings. The number of thiophene rings is 1. The fourth-order valence-corrected chi connectivity index (χ4v) is 2.76. The van der Waals surface area contributed by atoms with E-state index in [9.17, 15) is 9.59 Å². The fourth-order valence-electron chi connectivity index (χ4n) is 2.06. The molecule has 0 aliphatic heterocycles. The minimum absolute atomic E-state index is 0.191. The second-order valence-corrected chi connectivity index (χ2v) is 5.80. The summed E-state index contributed by atoms with van der Waals surface area (Å²) in [5, 5.41) is 15.7. The van der Waals surface area contributed by atoms with Crippen LogP contribution in [0.2, 0.25) is 0 Å². The van der Waals surface area contributed by atoms with Crippen molar-refractivity contribution in [3.05, 3.63) is 52.2 Å². The molecule has 1 aromatic heterocycles. The van der Waals surface area contributed by atoms with Crippen molar-refractivity contribution in [3.63, 3.8) is 0 Å². The zero-order chi connectivity index (χ0) is 15.9. The van der Waals surface area contributed by atoms with Crippen LogP contribution in [0.5, 0.6) is 0 Å². The third-order valence-corrected chi connectivity index (χ3v) is 3.97. The molecule has 1 aromatic carbocycles. The van der Waals surface area contributed by atoms with Gasteiger partial charge in [-0.1, -0.05) is 12.1 Å². The van der Waals surface area contributed by atoms with Crippen molar-refractivity contribution in [2.24, 2.45) is 5.92 Å². The number of anilines is 1. The maximum Gasteiger partial charge on any atom is 0.249 e. The van der Waals surface area contributed by atoms with E-state index in [1.165, 1.54) is 0 Å². The van der Waals surface area contributed by atoms with Crippen LogP contribution < -0.4 is 5.32 Å². The molecule has 0 aliphatic carbocycles. The van der Waals surface area contributed by atoms with E-state index in [1.54, 1.807) is 23.5 Å². The van der Waals surface area contributed by atoms with E-state index < -0.39 is 11.8 Å². The van der Waals surface area contributed by atoms with Crippen LogP contribution in [0.15, 0.2) is 41.1 Å². The predicted molar refractivity (Wildman–Crippen MR) is 86.6 cm³/mol. The zero-order valence-corrected chi connectivity index (χ0v) is 13.0. The smallest absolute Gasteiger partial charge is 0.249 e. The van der Waals surface area contributed by atoms with Crippen LogP contribution in [-0.2, 0) is 16.0 Å². The Hall–Kier alpha value is -2.45. The van der Waals surface area contributed by atoms with E-state index in [4.69, 9.17) is 5.26 Å². The summed E-state index contributed by atoms with van der Waals surface area (Å²) < 4.78 is 0. The number of benzene rings is 1. The minimum atomic E-state index is -1.26. The summed E-state index contributed by atoms with van der Waals surface area (Å²) in [7, 11) is 0. The molecule has 0 aliphatic rings. The van der Waals surface area contributed by atoms with Gasteiger partial charge < -0.3 is 5.32 Å². The standard InChI is InChI=1S/C17H16N2O2S/c1-12-3-2-4-14(9-12)19-17(21)15(10-18)16(20)6-5-13-7-8-22-11-13/h2-4,7-9,11,15H,5-6H2,1H3,(H,19,21)/t15-/m1/s1. The van der Waals surface area contributed by atoms with Gasteiger partial charge in [0.15, 0.2) is 11.7 Å². The molecule has 112 valence electrons. The van der Waals surface area contributed by atoms with E-state index in [-0.39, 0.29) is 12.2 Å². The molecule has 1 atom stereocenters. The van der Waals surface area contributed by atoms with Crippen molar-refractivity contribution < 1.29 is 9.59 Å². The first-order valence-corrected chi connectivity index (χ1v) is 7.85. The predicted octanol–water partition coefficient (Wildman–Crippen LogP) is 3.34. The Morgan fingerprint density at radius 3 is 2.82 bits per heavy atom. The van der Waals surface area contributed by atoms with Crippen molar-refractivity contribution in [2.45, 2.75) is 19.8 Å². The number of nitriles is 1. The maximum atomic E-state index is 12.1. The van der Waals surface area contributed by atoms with Gasteiger partial charge in [0.2, 0.25) is 5.91 Å². The number of hydrogen-bond acceptors (Lipinski definition) is 4. The van der Waals surface area contributed by atoms with Gasteiger partial charge in [0, 0.05) is 12.1 Å². The molecular weight excluding hydrogens is 296 g/mol. The van der Waals surface area contributed by atoms with Gasteiger partial charge in [-0.2, -0.15) is 16.6 Å². The van der Waals surface area contributed by atoms with Gasteiger partial charge in [-0.3, -0.25) is 9.59 Å². The highest BCUT2D eigenvalue weighted by Gasteiger charge is 2.26. The highest BCUT2D eigenvalue weighted by molar-refractivity contribution is 7.07. The van der Waals surface area contributed by atoms with Crippen molar-refractivity contribution in [1.82, 2.24) is 0 Å². The van der Waals surface area contributed by atoms with E-state index in [0.717, 1.165) is 11.1 Å². The van der Waals surface area contributed by atoms with Crippen LogP contribution >= 0.6 is 11.3 Å². The lowest BCUT2D eigenvalue weighted by molar-refractivity contribution is -0.128. The Morgan fingerprint density at radius 1 is 1.36 bits per heavy atom. The molecule has 2 rings (SSSR count). The highest BCUT2D eigenvalue weighted by Crippen LogP contribution is 2.14. The zero-order valence-electron chi connectivity index (χ0n) is 12.2. The summed E-state index contributed by atoms with van der Waals surface area (Å²) >= 11 is 1.56. The number of aryl methyl sites for hydroxylation is 2. The molecule has 0 radical (unpaired) electrons. The van der Waals surface area contributed by atoms with E-state index in [2.05, 4.69) is 5.32 Å². The van der Waals surface area contributed by atoms with Gasteiger partial charge in [-0.05, 0) is 53.4 Å². The summed E-state index contributed by atoms with van der Waals surface area (Å²) in [5.74, 6) is -2.18. The average molecular weight is 312 g/mol. The number of rotatable bonds is 6. The number of hydrogen-bond donors (Lipinski definition) is 1. The number of nitrogens with one attached hydrogen (secondary N) is 1. The monoisotopic (exact) mass is 312 g/mol. The van der Waals surface area contributed by atoms with Crippen molar-refractivity contribution in [3.8, 4) is 6.07 Å². The van der Waals surface area contributed by atoms with E-state index in [1.807, 2.05) is 42.0 Å². The van der Waals surface area contributed by atoms with Crippen LogP contribution in [0.4, 0.5) is 5.69 Å². The third kappa shape index (κ3) is 4.27. The first kappa shape index (κ1) is 15.9. The summed E-state index contributed by atoms with van der Waals surface area (Å²) in [5.41, 5.74) is 2.64. The number of carbonyl (C=O) groups excluding carboxylic acids is 2. The van der Waals surface area contributed by atoms with Gasteiger partial charge in [0.1, 0.15) is 0 Å². The molecule has 22 heavy (non-hydrogen) atoms. The number of Topliss-reactive ketones (excluding diaryl/α,β-unsaturated/α-hetero) is 1. The van der Waals surface area contributed by atoms with Gasteiger partial charge in [0.05, 0.1) is 6.07 Å². The molecule has 1 heterocycles. The van der Waals surface area contributed by atoms with Crippen LogP contribution in [0, 0.1) is 24.2 Å². The number of nitrogens with zero attached hydrogens (tertiary/aromatic N) is 1. The average Bonchev–Trinajstić information content (AvgIpc) is 2.99. The van der Waals surface area contributed by atoms with Crippen LogP contribution in [0.25, 0.3) is 0 Å². The minimum Gasteiger partial charge on any atom is -0.325 e. The SMILES string of the molecule is Cc1cccc(NC(=O)[C@H](C#N)C(=O)CCc2ccsc2)c1. The molecule has 1 amide bonds. The molecule has 0 bridgehead atoms. The van der Waals surface area contributed by atoms with Gasteiger partial charge >= 0.3 is 0 Å². The first-order valence-electron chi connectivity index (χ1n) is 6.91. The summed E-state index contributed by atoms with van der Waals surface area (Å²) in [6.45, 7) is 1.91. The van der Waals surface area contributed by atoms with E-state index >= 15 is 0 Å². The molecule has 5 heteroatoms. The lowest BCUT2D eigenvalue weighted by Crippen LogP contribution is -2.28. The molecular formula is C17H16N2O2S. The topological polar surface area (TPSA) is 70.0 Å². The maximum absolute atomic E-state index is 12.1. The molecule has 1 N–H and O–H groups in total. The lowest BCUT2D eigenvalue weighted by Gasteiger charge is -2.10. The van der Waals surface area contributed by atoms with Crippen molar-refractivity contribution in [1.29, 1.82) is 5.26 Å². The summed E-state index contributed by atoms with van der Waals surface area (Å²) in [6, 6.07) is 11.0. The van der Waals surface area contributed by atoms with Gasteiger partial charge in [-0.15, -0.1) is 0 Å². The largest absolute Gasteiger partial charge is 0.325 e. The molecule has 0 unspecified atom stereocenters. The Bertz CT molecular complexity index is 702. The lowest BCUT2D eigenvalue weighted by atomic mass is 9.99. The Labute approximate surface area is 133 Å². The number of amides is 1.